The Kier molecular flexibility index (Phi) is 16.7. The van der Waals surface area contributed by atoms with E-state index in [0.717, 1.165) is 24.8 Å². The number of aromatic hydroxyl groups is 1. The number of nitrogens with one attached hydrogen (secondary N) is 1. The highest BCUT2D eigenvalue weighted by atomic mass is 32.2. The first-order valence-electron chi connectivity index (χ1n) is 20.0. The molecule has 4 aromatic carbocycles. The van der Waals surface area contributed by atoms with E-state index in [1.807, 2.05) is 32.0 Å². The van der Waals surface area contributed by atoms with Crippen LogP contribution in [-0.2, 0) is 21.8 Å². The van der Waals surface area contributed by atoms with E-state index in [1.165, 1.54) is 79.6 Å². The van der Waals surface area contributed by atoms with Crippen molar-refractivity contribution in [3.8, 4) is 23.0 Å². The number of nitro benzene ring substituents is 1. The molecule has 0 unspecified atom stereocenters. The molecule has 15 heteroatoms. The summed E-state index contributed by atoms with van der Waals surface area (Å²) in [7, 11) is 0. The first-order chi connectivity index (χ1) is 28.2. The summed E-state index contributed by atoms with van der Waals surface area (Å²) < 4.78 is 18.7. The number of aryl methyl sites for hydroxylation is 1. The summed E-state index contributed by atoms with van der Waals surface area (Å²) in [6.07, 6.45) is 12.8. The number of phenolic OH excluding ortho intramolecular Hbond substituents is 1. The normalized spacial score (nSPS) is 11.1. The van der Waals surface area contributed by atoms with Crippen molar-refractivity contribution in [2.75, 3.05) is 18.5 Å². The van der Waals surface area contributed by atoms with Gasteiger partial charge in [-0.25, -0.2) is 4.68 Å². The molecule has 1 aromatic heterocycles. The topological polar surface area (TPSA) is 181 Å². The predicted octanol–water partition coefficient (Wildman–Crippen LogP) is 10.3. The van der Waals surface area contributed by atoms with Crippen molar-refractivity contribution >= 4 is 45.8 Å². The third-order valence-electron chi connectivity index (χ3n) is 9.41. The largest absolute Gasteiger partial charge is 0.506 e. The van der Waals surface area contributed by atoms with Crippen LogP contribution in [0, 0.1) is 17.0 Å². The molecule has 0 aliphatic carbocycles. The number of unbranched alkanes of at least 4 members (excludes halogenated alkanes) is 9. The van der Waals surface area contributed by atoms with E-state index in [4.69, 9.17) is 14.2 Å². The van der Waals surface area contributed by atoms with Gasteiger partial charge >= 0.3 is 11.7 Å². The van der Waals surface area contributed by atoms with Gasteiger partial charge in [-0.1, -0.05) is 120 Å². The van der Waals surface area contributed by atoms with Crippen molar-refractivity contribution in [3.05, 3.63) is 93.5 Å². The number of carbonyl (C=O) groups excluding carboxylic acids is 2. The van der Waals surface area contributed by atoms with Gasteiger partial charge in [0.2, 0.25) is 10.9 Å². The van der Waals surface area contributed by atoms with Crippen molar-refractivity contribution in [3.63, 3.8) is 0 Å². The van der Waals surface area contributed by atoms with E-state index in [2.05, 4.69) is 27.8 Å². The number of hydrogen-bond acceptors (Lipinski definition) is 12. The van der Waals surface area contributed by atoms with Gasteiger partial charge in [-0.05, 0) is 65.6 Å². The summed E-state index contributed by atoms with van der Waals surface area (Å²) >= 11 is 1.20. The van der Waals surface area contributed by atoms with Crippen LogP contribution in [0.15, 0.2) is 71.9 Å². The minimum absolute atomic E-state index is 0.0641. The molecule has 14 nitrogen and oxygen atoms in total. The third-order valence-corrected chi connectivity index (χ3v) is 10.4. The lowest BCUT2D eigenvalue weighted by Gasteiger charge is -2.16. The molecular weight excluding hydrogens is 761 g/mol. The lowest BCUT2D eigenvalue weighted by Crippen LogP contribution is -2.16. The molecule has 0 spiro atoms. The molecule has 0 saturated heterocycles. The molecule has 0 fully saturated rings. The zero-order valence-electron chi connectivity index (χ0n) is 33.4. The number of fused-ring (bicyclic) bond motifs is 1. The summed E-state index contributed by atoms with van der Waals surface area (Å²) in [4.78, 5) is 37.8. The van der Waals surface area contributed by atoms with E-state index in [9.17, 15) is 24.8 Å². The van der Waals surface area contributed by atoms with Gasteiger partial charge in [0.1, 0.15) is 23.8 Å². The third kappa shape index (κ3) is 12.4. The average molecular weight is 813 g/mol. The lowest BCUT2D eigenvalue weighted by molar-refractivity contribution is -0.385. The number of tetrazole rings is 1. The summed E-state index contributed by atoms with van der Waals surface area (Å²) in [6.45, 7) is 6.67. The maximum Gasteiger partial charge on any atom is 0.327 e. The molecule has 2 N–H and O–H groups in total. The molecule has 0 aliphatic rings. The SMILES string of the molecule is CCCCCCCCCCCCOc1ccc(C)cc1NC(=O)c1cc(Oc2ccc(CSc3nnnn3CC(=O)OCCC)cc2[N+](=O)[O-])c2ccccc2c1O. The van der Waals surface area contributed by atoms with Crippen molar-refractivity contribution in [1.29, 1.82) is 0 Å². The van der Waals surface area contributed by atoms with Crippen LogP contribution in [-0.4, -0.2) is 55.3 Å². The lowest BCUT2D eigenvalue weighted by atomic mass is 10.0. The number of rotatable bonds is 24. The molecule has 0 radical (unpaired) electrons. The van der Waals surface area contributed by atoms with Gasteiger partial charge in [0, 0.05) is 22.6 Å². The second-order valence-electron chi connectivity index (χ2n) is 14.1. The van der Waals surface area contributed by atoms with Crippen molar-refractivity contribution in [1.82, 2.24) is 20.2 Å². The number of nitro groups is 1. The molecule has 0 aliphatic heterocycles. The van der Waals surface area contributed by atoms with Gasteiger partial charge in [-0.3, -0.25) is 19.7 Å². The molecule has 1 heterocycles. The Hall–Kier alpha value is -5.70. The Morgan fingerprint density at radius 1 is 0.845 bits per heavy atom. The molecule has 308 valence electrons. The summed E-state index contributed by atoms with van der Waals surface area (Å²) in [5, 5.41) is 39.2. The van der Waals surface area contributed by atoms with Crippen LogP contribution in [0.1, 0.15) is 106 Å². The smallest absolute Gasteiger partial charge is 0.327 e. The van der Waals surface area contributed by atoms with Gasteiger partial charge in [0.05, 0.1) is 29.4 Å². The van der Waals surface area contributed by atoms with E-state index in [0.29, 0.717) is 52.6 Å². The first-order valence-corrected chi connectivity index (χ1v) is 21.0. The minimum Gasteiger partial charge on any atom is -0.506 e. The van der Waals surface area contributed by atoms with Gasteiger partial charge < -0.3 is 24.6 Å². The zero-order valence-corrected chi connectivity index (χ0v) is 34.2. The fourth-order valence-corrected chi connectivity index (χ4v) is 7.16. The zero-order chi connectivity index (χ0) is 41.3. The second kappa shape index (κ2) is 22.3. The van der Waals surface area contributed by atoms with Gasteiger partial charge in [-0.15, -0.1) is 5.10 Å². The molecule has 5 rings (SSSR count). The average Bonchev–Trinajstić information content (AvgIpc) is 3.66. The van der Waals surface area contributed by atoms with Crippen LogP contribution in [0.5, 0.6) is 23.0 Å². The molecule has 58 heavy (non-hydrogen) atoms. The van der Waals surface area contributed by atoms with Crippen LogP contribution in [0.4, 0.5) is 11.4 Å². The maximum atomic E-state index is 13.9. The van der Waals surface area contributed by atoms with Gasteiger partial charge in [0.15, 0.2) is 0 Å². The van der Waals surface area contributed by atoms with E-state index in [1.54, 1.807) is 30.3 Å². The number of ether oxygens (including phenoxy) is 3. The van der Waals surface area contributed by atoms with Crippen molar-refractivity contribution < 1.29 is 33.8 Å². The maximum absolute atomic E-state index is 13.9. The highest BCUT2D eigenvalue weighted by Crippen LogP contribution is 2.41. The number of carbonyl (C=O) groups is 2. The fourth-order valence-electron chi connectivity index (χ4n) is 6.34. The molecule has 0 saturated carbocycles. The summed E-state index contributed by atoms with van der Waals surface area (Å²) in [5.41, 5.74) is 1.55. The fraction of sp³-hybridized carbons (Fsp3) is 0.419. The molecule has 5 aromatic rings. The number of hydrogen-bond donors (Lipinski definition) is 2. The Morgan fingerprint density at radius 2 is 1.55 bits per heavy atom. The summed E-state index contributed by atoms with van der Waals surface area (Å²) in [6, 6.07) is 18.3. The first kappa shape index (κ1) is 43.4. The van der Waals surface area contributed by atoms with Crippen molar-refractivity contribution in [2.24, 2.45) is 0 Å². The number of anilines is 1. The number of thioether (sulfide) groups is 1. The van der Waals surface area contributed by atoms with Gasteiger partial charge in [-0.2, -0.15) is 0 Å². The van der Waals surface area contributed by atoms with Crippen LogP contribution in [0.2, 0.25) is 0 Å². The Bertz CT molecular complexity index is 2160. The van der Waals surface area contributed by atoms with Gasteiger partial charge in [0.25, 0.3) is 5.91 Å². The number of benzene rings is 4. The van der Waals surface area contributed by atoms with Crippen molar-refractivity contribution in [2.45, 2.75) is 109 Å². The Labute approximate surface area is 342 Å². The number of esters is 1. The monoisotopic (exact) mass is 812 g/mol. The highest BCUT2D eigenvalue weighted by Gasteiger charge is 2.23. The van der Waals surface area contributed by atoms with Crippen LogP contribution in [0.25, 0.3) is 10.8 Å². The van der Waals surface area contributed by atoms with E-state index < -0.39 is 16.8 Å². The van der Waals surface area contributed by atoms with Crippen LogP contribution < -0.4 is 14.8 Å². The number of amides is 1. The minimum atomic E-state index is -0.606. The Balaban J connectivity index is 1.28. The molecular formula is C43H52N6O8S. The highest BCUT2D eigenvalue weighted by molar-refractivity contribution is 7.98. The number of aromatic nitrogens is 4. The second-order valence-corrected chi connectivity index (χ2v) is 15.0. The molecule has 0 atom stereocenters. The van der Waals surface area contributed by atoms with E-state index in [-0.39, 0.29) is 40.8 Å². The Morgan fingerprint density at radius 3 is 2.28 bits per heavy atom. The number of phenols is 1. The molecule has 0 bridgehead atoms. The quantitative estimate of drug-likeness (QED) is 0.0198. The van der Waals surface area contributed by atoms with Crippen LogP contribution >= 0.6 is 11.8 Å². The molecule has 1 amide bonds. The van der Waals surface area contributed by atoms with E-state index >= 15 is 0 Å². The predicted molar refractivity (Wildman–Crippen MR) is 224 cm³/mol. The summed E-state index contributed by atoms with van der Waals surface area (Å²) in [5.74, 6) is -0.493. The number of nitrogens with zero attached hydrogens (tertiary/aromatic N) is 5. The van der Waals surface area contributed by atoms with Crippen LogP contribution in [0.3, 0.4) is 0 Å². The standard InChI is InChI=1S/C43H52N6O8S/c1-4-6-7-8-9-10-11-12-13-16-24-55-37-21-19-30(3)25-35(37)44-42(52)34-27-39(32-17-14-15-18-33(32)41(34)51)57-38-22-20-31(26-36(38)49(53)54)29-58-43-45-46-47-48(43)28-40(50)56-23-5-2/h14-15,17-22,25-27,51H,4-13,16,23-24,28-29H2,1-3H3,(H,44,52).